The third kappa shape index (κ3) is 4.23. The molecule has 0 aliphatic heterocycles. The molecule has 5 heteroatoms. The van der Waals surface area contributed by atoms with Crippen molar-refractivity contribution in [2.24, 2.45) is 0 Å². The summed E-state index contributed by atoms with van der Waals surface area (Å²) in [5, 5.41) is 21.8. The van der Waals surface area contributed by atoms with Gasteiger partial charge >= 0.3 is 0 Å². The Morgan fingerprint density at radius 2 is 2.24 bits per heavy atom. The van der Waals surface area contributed by atoms with Gasteiger partial charge in [-0.1, -0.05) is 17.7 Å². The maximum Gasteiger partial charge on any atom is 0.134 e. The van der Waals surface area contributed by atoms with Gasteiger partial charge in [0, 0.05) is 13.1 Å². The number of hydrogen-bond acceptors (Lipinski definition) is 4. The number of nitrogens with one attached hydrogen (secondary N) is 1. The van der Waals surface area contributed by atoms with Gasteiger partial charge in [-0.15, -0.1) is 0 Å². The molecule has 1 aromatic carbocycles. The number of likely N-dealkylation sites (N-methyl/N-ethyl adjacent to an activating group) is 1. The summed E-state index contributed by atoms with van der Waals surface area (Å²) in [6.45, 7) is 1.56. The van der Waals surface area contributed by atoms with E-state index in [9.17, 15) is 5.11 Å². The van der Waals surface area contributed by atoms with Crippen LogP contribution in [0.2, 0.25) is 5.02 Å². The number of hydrogen-bond donors (Lipinski definition) is 2. The highest BCUT2D eigenvalue weighted by Crippen LogP contribution is 2.26. The van der Waals surface area contributed by atoms with E-state index in [1.165, 1.54) is 6.07 Å². The Morgan fingerprint density at radius 3 is 2.76 bits per heavy atom. The van der Waals surface area contributed by atoms with Crippen molar-refractivity contribution in [1.82, 2.24) is 10.2 Å². The number of rotatable bonds is 5. The highest BCUT2D eigenvalue weighted by atomic mass is 35.5. The Balaban J connectivity index is 2.67. The molecule has 0 amide bonds. The summed E-state index contributed by atoms with van der Waals surface area (Å²) in [6, 6.07) is 6.55. The molecule has 0 aliphatic rings. The molecule has 0 saturated heterocycles. The molecule has 0 spiro atoms. The largest absolute Gasteiger partial charge is 0.506 e. The second-order valence-corrected chi connectivity index (χ2v) is 4.44. The van der Waals surface area contributed by atoms with Crippen LogP contribution in [0.1, 0.15) is 11.6 Å². The zero-order valence-corrected chi connectivity index (χ0v) is 10.7. The van der Waals surface area contributed by atoms with Gasteiger partial charge in [-0.05, 0) is 31.8 Å². The van der Waals surface area contributed by atoms with Crippen LogP contribution in [0.25, 0.3) is 0 Å². The van der Waals surface area contributed by atoms with E-state index in [1.807, 2.05) is 19.0 Å². The topological polar surface area (TPSA) is 59.3 Å². The summed E-state index contributed by atoms with van der Waals surface area (Å²) >= 11 is 5.80. The van der Waals surface area contributed by atoms with Gasteiger partial charge in [-0.25, -0.2) is 0 Å². The third-order valence-corrected chi connectivity index (χ3v) is 2.64. The van der Waals surface area contributed by atoms with E-state index < -0.39 is 6.04 Å². The number of aromatic hydroxyl groups is 1. The van der Waals surface area contributed by atoms with E-state index >= 15 is 0 Å². The molecule has 1 atom stereocenters. The maximum atomic E-state index is 9.31. The summed E-state index contributed by atoms with van der Waals surface area (Å²) < 4.78 is 0. The summed E-state index contributed by atoms with van der Waals surface area (Å²) in [6.07, 6.45) is 0. The molecule has 1 rings (SSSR count). The van der Waals surface area contributed by atoms with Gasteiger partial charge in [0.15, 0.2) is 0 Å². The van der Waals surface area contributed by atoms with Crippen LogP contribution in [0.4, 0.5) is 0 Å². The van der Waals surface area contributed by atoms with Crippen LogP contribution in [-0.4, -0.2) is 37.2 Å². The number of nitrogens with zero attached hydrogens (tertiary/aromatic N) is 2. The molecule has 0 aliphatic carbocycles. The fourth-order valence-corrected chi connectivity index (χ4v) is 1.56. The van der Waals surface area contributed by atoms with Crippen LogP contribution >= 0.6 is 11.6 Å². The van der Waals surface area contributed by atoms with Gasteiger partial charge in [0.05, 0.1) is 11.1 Å². The fourth-order valence-electron chi connectivity index (χ4n) is 1.37. The third-order valence-electron chi connectivity index (χ3n) is 2.34. The molecular formula is C12H16ClN3O. The molecule has 17 heavy (non-hydrogen) atoms. The van der Waals surface area contributed by atoms with E-state index in [1.54, 1.807) is 12.1 Å². The Bertz CT molecular complexity index is 415. The zero-order chi connectivity index (χ0) is 12.8. The maximum absolute atomic E-state index is 9.31. The summed E-state index contributed by atoms with van der Waals surface area (Å²) in [7, 11) is 3.95. The van der Waals surface area contributed by atoms with Gasteiger partial charge < -0.3 is 10.0 Å². The fraction of sp³-hybridized carbons (Fsp3) is 0.417. The van der Waals surface area contributed by atoms with Gasteiger partial charge in [-0.3, -0.25) is 5.32 Å². The molecule has 4 nitrogen and oxygen atoms in total. The minimum Gasteiger partial charge on any atom is -0.506 e. The SMILES string of the molecule is CN(C)CCNC(C#N)c1ccc(O)c(Cl)c1. The van der Waals surface area contributed by atoms with Gasteiger partial charge in [0.25, 0.3) is 0 Å². The van der Waals surface area contributed by atoms with Crippen molar-refractivity contribution in [3.63, 3.8) is 0 Å². The van der Waals surface area contributed by atoms with Crippen LogP contribution in [0.5, 0.6) is 5.75 Å². The molecule has 92 valence electrons. The monoisotopic (exact) mass is 253 g/mol. The lowest BCUT2D eigenvalue weighted by Gasteiger charge is -2.15. The number of benzene rings is 1. The lowest BCUT2D eigenvalue weighted by Crippen LogP contribution is -2.29. The molecule has 0 saturated carbocycles. The number of phenols is 1. The van der Waals surface area contributed by atoms with Gasteiger partial charge in [-0.2, -0.15) is 5.26 Å². The predicted octanol–water partition coefficient (Wildman–Crippen LogP) is 1.76. The molecule has 1 unspecified atom stereocenters. The predicted molar refractivity (Wildman–Crippen MR) is 68.0 cm³/mol. The molecule has 0 heterocycles. The first-order valence-electron chi connectivity index (χ1n) is 5.30. The highest BCUT2D eigenvalue weighted by Gasteiger charge is 2.11. The Kier molecular flexibility index (Phi) is 5.23. The van der Waals surface area contributed by atoms with Crippen LogP contribution in [0, 0.1) is 11.3 Å². The Morgan fingerprint density at radius 1 is 1.53 bits per heavy atom. The van der Waals surface area contributed by atoms with Crippen molar-refractivity contribution in [1.29, 1.82) is 5.26 Å². The van der Waals surface area contributed by atoms with Crippen LogP contribution < -0.4 is 5.32 Å². The smallest absolute Gasteiger partial charge is 0.134 e. The van der Waals surface area contributed by atoms with Crippen LogP contribution in [-0.2, 0) is 0 Å². The average Bonchev–Trinajstić information content (AvgIpc) is 2.28. The van der Waals surface area contributed by atoms with Crippen LogP contribution in [0.3, 0.4) is 0 Å². The summed E-state index contributed by atoms with van der Waals surface area (Å²) in [5.41, 5.74) is 0.758. The summed E-state index contributed by atoms with van der Waals surface area (Å²) in [5.74, 6) is 0.0281. The van der Waals surface area contributed by atoms with E-state index in [2.05, 4.69) is 11.4 Å². The lowest BCUT2D eigenvalue weighted by molar-refractivity contribution is 0.395. The average molecular weight is 254 g/mol. The molecule has 2 N–H and O–H groups in total. The van der Waals surface area contributed by atoms with Crippen molar-refractivity contribution < 1.29 is 5.11 Å². The molecule has 0 bridgehead atoms. The first-order chi connectivity index (χ1) is 8.04. The quantitative estimate of drug-likeness (QED) is 0.840. The van der Waals surface area contributed by atoms with Crippen molar-refractivity contribution in [3.8, 4) is 11.8 Å². The second kappa shape index (κ2) is 6.45. The van der Waals surface area contributed by atoms with Crippen molar-refractivity contribution in [2.75, 3.05) is 27.2 Å². The highest BCUT2D eigenvalue weighted by molar-refractivity contribution is 6.32. The molecular weight excluding hydrogens is 238 g/mol. The first kappa shape index (κ1) is 13.8. The number of phenolic OH excluding ortho intramolecular Hbond substituents is 1. The molecule has 0 radical (unpaired) electrons. The Labute approximate surface area is 106 Å². The van der Waals surface area contributed by atoms with Crippen LogP contribution in [0.15, 0.2) is 18.2 Å². The minimum absolute atomic E-state index is 0.0281. The zero-order valence-electron chi connectivity index (χ0n) is 9.94. The van der Waals surface area contributed by atoms with E-state index in [0.29, 0.717) is 6.54 Å². The van der Waals surface area contributed by atoms with E-state index in [4.69, 9.17) is 16.9 Å². The van der Waals surface area contributed by atoms with Crippen molar-refractivity contribution >= 4 is 11.6 Å². The summed E-state index contributed by atoms with van der Waals surface area (Å²) in [4.78, 5) is 2.03. The minimum atomic E-state index is -0.409. The second-order valence-electron chi connectivity index (χ2n) is 4.03. The normalized spacial score (nSPS) is 12.4. The first-order valence-corrected chi connectivity index (χ1v) is 5.68. The number of halogens is 1. The van der Waals surface area contributed by atoms with Crippen molar-refractivity contribution in [3.05, 3.63) is 28.8 Å². The van der Waals surface area contributed by atoms with Gasteiger partial charge in [0.2, 0.25) is 0 Å². The molecule has 1 aromatic rings. The van der Waals surface area contributed by atoms with Crippen molar-refractivity contribution in [2.45, 2.75) is 6.04 Å². The molecule has 0 fully saturated rings. The van der Waals surface area contributed by atoms with E-state index in [0.717, 1.165) is 12.1 Å². The molecule has 0 aromatic heterocycles. The standard InChI is InChI=1S/C12H16ClN3O/c1-16(2)6-5-15-11(8-14)9-3-4-12(17)10(13)7-9/h3-4,7,11,15,17H,5-6H2,1-2H3. The van der Waals surface area contributed by atoms with E-state index in [-0.39, 0.29) is 10.8 Å². The lowest BCUT2D eigenvalue weighted by atomic mass is 10.1. The number of nitriles is 1. The Hall–Kier alpha value is -1.28. The van der Waals surface area contributed by atoms with Gasteiger partial charge in [0.1, 0.15) is 11.8 Å².